The van der Waals surface area contributed by atoms with Gasteiger partial charge in [0.2, 0.25) is 5.91 Å². The molecule has 0 saturated carbocycles. The number of amides is 1. The molecule has 0 aromatic carbocycles. The van der Waals surface area contributed by atoms with E-state index in [4.69, 9.17) is 0 Å². The molecule has 1 amide bonds. The number of nitrogens with zero attached hydrogens (tertiary/aromatic N) is 3. The first-order valence-electron chi connectivity index (χ1n) is 6.97. The van der Waals surface area contributed by atoms with Gasteiger partial charge < -0.3 is 4.90 Å². The molecule has 1 aromatic heterocycles. The van der Waals surface area contributed by atoms with E-state index in [9.17, 15) is 9.59 Å². The zero-order valence-corrected chi connectivity index (χ0v) is 13.7. The van der Waals surface area contributed by atoms with Crippen molar-refractivity contribution in [2.75, 3.05) is 5.75 Å². The molecule has 0 spiro atoms. The summed E-state index contributed by atoms with van der Waals surface area (Å²) in [7, 11) is 0. The van der Waals surface area contributed by atoms with Gasteiger partial charge in [0.15, 0.2) is 5.16 Å². The zero-order chi connectivity index (χ0) is 15.7. The van der Waals surface area contributed by atoms with Crippen LogP contribution >= 0.6 is 11.8 Å². The molecule has 0 radical (unpaired) electrons. The molecule has 0 aliphatic carbocycles. The summed E-state index contributed by atoms with van der Waals surface area (Å²) in [5.41, 5.74) is -0.901. The zero-order valence-electron chi connectivity index (χ0n) is 12.9. The van der Waals surface area contributed by atoms with E-state index in [2.05, 4.69) is 9.97 Å². The van der Waals surface area contributed by atoms with Gasteiger partial charge >= 0.3 is 0 Å². The topological polar surface area (TPSA) is 63.2 Å². The minimum atomic E-state index is -0.450. The number of Topliss-reactive ketones (excluding diaryl/α,β-unsaturated/α-hetero) is 1. The van der Waals surface area contributed by atoms with Gasteiger partial charge in [-0.3, -0.25) is 9.59 Å². The van der Waals surface area contributed by atoms with Gasteiger partial charge in [-0.1, -0.05) is 11.8 Å². The van der Waals surface area contributed by atoms with E-state index in [0.717, 1.165) is 0 Å². The Morgan fingerprint density at radius 1 is 1.19 bits per heavy atom. The van der Waals surface area contributed by atoms with Crippen LogP contribution in [0.15, 0.2) is 23.6 Å². The van der Waals surface area contributed by atoms with Gasteiger partial charge in [0.05, 0.1) is 5.75 Å². The minimum absolute atomic E-state index is 0.0231. The second kappa shape index (κ2) is 5.75. The maximum absolute atomic E-state index is 12.6. The average Bonchev–Trinajstić information content (AvgIpc) is 2.34. The van der Waals surface area contributed by atoms with Crippen LogP contribution in [0.2, 0.25) is 0 Å². The predicted octanol–water partition coefficient (Wildman–Crippen LogP) is 2.32. The summed E-state index contributed by atoms with van der Waals surface area (Å²) in [4.78, 5) is 34.6. The van der Waals surface area contributed by atoms with E-state index in [1.165, 1.54) is 11.8 Å². The van der Waals surface area contributed by atoms with Crippen molar-refractivity contribution < 1.29 is 9.59 Å². The SMILES string of the molecule is CC1(C)CC(=O)CC(C)(C)N1C(=O)CSc1ncccn1. The highest BCUT2D eigenvalue weighted by molar-refractivity contribution is 7.99. The highest BCUT2D eigenvalue weighted by Crippen LogP contribution is 2.37. The molecule has 1 aromatic rings. The standard InChI is InChI=1S/C15H21N3O2S/c1-14(2)8-11(19)9-15(3,4)18(14)12(20)10-21-13-16-6-5-7-17-13/h5-7H,8-10H2,1-4H3. The van der Waals surface area contributed by atoms with Crippen molar-refractivity contribution in [1.29, 1.82) is 0 Å². The Balaban J connectivity index is 2.11. The highest BCUT2D eigenvalue weighted by Gasteiger charge is 2.47. The molecule has 1 fully saturated rings. The number of ketones is 1. The largest absolute Gasteiger partial charge is 0.331 e. The van der Waals surface area contributed by atoms with E-state index in [1.54, 1.807) is 18.5 Å². The maximum atomic E-state index is 12.6. The van der Waals surface area contributed by atoms with Gasteiger partial charge in [0.1, 0.15) is 5.78 Å². The molecule has 5 nitrogen and oxygen atoms in total. The molecule has 2 rings (SSSR count). The first kappa shape index (κ1) is 15.9. The van der Waals surface area contributed by atoms with Crippen molar-refractivity contribution in [3.05, 3.63) is 18.5 Å². The van der Waals surface area contributed by atoms with E-state index in [1.807, 2.05) is 32.6 Å². The number of hydrogen-bond donors (Lipinski definition) is 0. The van der Waals surface area contributed by atoms with Crippen LogP contribution in [0.25, 0.3) is 0 Å². The number of likely N-dealkylation sites (tertiary alicyclic amines) is 1. The Morgan fingerprint density at radius 3 is 2.24 bits per heavy atom. The van der Waals surface area contributed by atoms with Gasteiger partial charge in [0.25, 0.3) is 0 Å². The molecule has 0 bridgehead atoms. The molecule has 1 aliphatic heterocycles. The van der Waals surface area contributed by atoms with Crippen molar-refractivity contribution in [1.82, 2.24) is 14.9 Å². The number of thioether (sulfide) groups is 1. The first-order chi connectivity index (χ1) is 9.72. The second-order valence-electron chi connectivity index (χ2n) is 6.57. The Labute approximate surface area is 129 Å². The van der Waals surface area contributed by atoms with Crippen LogP contribution in [0.3, 0.4) is 0 Å². The predicted molar refractivity (Wildman–Crippen MR) is 82.0 cm³/mol. The lowest BCUT2D eigenvalue weighted by molar-refractivity contribution is -0.151. The third-order valence-corrected chi connectivity index (χ3v) is 4.45. The van der Waals surface area contributed by atoms with Crippen molar-refractivity contribution in [2.45, 2.75) is 56.8 Å². The Bertz CT molecular complexity index is 523. The third kappa shape index (κ3) is 3.61. The minimum Gasteiger partial charge on any atom is -0.331 e. The van der Waals surface area contributed by atoms with Gasteiger partial charge in [-0.15, -0.1) is 0 Å². The molecular formula is C15H21N3O2S. The van der Waals surface area contributed by atoms with E-state index in [-0.39, 0.29) is 17.4 Å². The average molecular weight is 307 g/mol. The smallest absolute Gasteiger partial charge is 0.233 e. The van der Waals surface area contributed by atoms with Crippen LogP contribution in [0.5, 0.6) is 0 Å². The Hall–Kier alpha value is -1.43. The van der Waals surface area contributed by atoms with Crippen LogP contribution < -0.4 is 0 Å². The molecule has 0 unspecified atom stereocenters. The second-order valence-corrected chi connectivity index (χ2v) is 7.51. The molecule has 6 heteroatoms. The lowest BCUT2D eigenvalue weighted by Crippen LogP contribution is -2.63. The summed E-state index contributed by atoms with van der Waals surface area (Å²) in [5, 5.41) is 0.592. The normalized spacial score (nSPS) is 20.4. The molecule has 1 saturated heterocycles. The first-order valence-corrected chi connectivity index (χ1v) is 7.96. The number of rotatable bonds is 3. The lowest BCUT2D eigenvalue weighted by Gasteiger charge is -2.52. The molecule has 21 heavy (non-hydrogen) atoms. The third-order valence-electron chi connectivity index (χ3n) is 3.59. The monoisotopic (exact) mass is 307 g/mol. The molecule has 0 atom stereocenters. The quantitative estimate of drug-likeness (QED) is 0.633. The summed E-state index contributed by atoms with van der Waals surface area (Å²) in [6.07, 6.45) is 4.14. The van der Waals surface area contributed by atoms with Crippen molar-refractivity contribution in [3.8, 4) is 0 Å². The van der Waals surface area contributed by atoms with Crippen LogP contribution in [-0.2, 0) is 9.59 Å². The Kier molecular flexibility index (Phi) is 4.37. The van der Waals surface area contributed by atoms with E-state index in [0.29, 0.717) is 18.0 Å². The highest BCUT2D eigenvalue weighted by atomic mass is 32.2. The van der Waals surface area contributed by atoms with E-state index >= 15 is 0 Å². The van der Waals surface area contributed by atoms with Crippen LogP contribution in [0, 0.1) is 0 Å². The van der Waals surface area contributed by atoms with Crippen molar-refractivity contribution >= 4 is 23.5 Å². The summed E-state index contributed by atoms with van der Waals surface area (Å²) in [6.45, 7) is 7.81. The molecule has 1 aliphatic rings. The van der Waals surface area contributed by atoms with E-state index < -0.39 is 11.1 Å². The number of carbonyl (C=O) groups excluding carboxylic acids is 2. The summed E-state index contributed by atoms with van der Waals surface area (Å²) >= 11 is 1.33. The molecular weight excluding hydrogens is 286 g/mol. The maximum Gasteiger partial charge on any atom is 0.233 e. The van der Waals surface area contributed by atoms with Gasteiger partial charge in [0, 0.05) is 36.3 Å². The van der Waals surface area contributed by atoms with Gasteiger partial charge in [-0.25, -0.2) is 9.97 Å². The van der Waals surface area contributed by atoms with Gasteiger partial charge in [-0.2, -0.15) is 0 Å². The number of carbonyl (C=O) groups is 2. The molecule has 0 N–H and O–H groups in total. The van der Waals surface area contributed by atoms with Crippen molar-refractivity contribution in [3.63, 3.8) is 0 Å². The number of piperidine rings is 1. The van der Waals surface area contributed by atoms with Gasteiger partial charge in [-0.05, 0) is 33.8 Å². The Morgan fingerprint density at radius 2 is 1.71 bits per heavy atom. The van der Waals surface area contributed by atoms with Crippen LogP contribution in [-0.4, -0.2) is 43.4 Å². The fraction of sp³-hybridized carbons (Fsp3) is 0.600. The number of hydrogen-bond acceptors (Lipinski definition) is 5. The number of aromatic nitrogens is 2. The fourth-order valence-corrected chi connectivity index (χ4v) is 3.88. The van der Waals surface area contributed by atoms with Crippen molar-refractivity contribution in [2.24, 2.45) is 0 Å². The fourth-order valence-electron chi connectivity index (χ4n) is 3.23. The summed E-state index contributed by atoms with van der Waals surface area (Å²) in [5.74, 6) is 0.522. The van der Waals surface area contributed by atoms with Crippen LogP contribution in [0.1, 0.15) is 40.5 Å². The lowest BCUT2D eigenvalue weighted by atomic mass is 9.79. The molecule has 114 valence electrons. The van der Waals surface area contributed by atoms with Crippen LogP contribution in [0.4, 0.5) is 0 Å². The summed E-state index contributed by atoms with van der Waals surface area (Å²) in [6, 6.07) is 1.74. The molecule has 2 heterocycles. The summed E-state index contributed by atoms with van der Waals surface area (Å²) < 4.78 is 0.